The zero-order valence-electron chi connectivity index (χ0n) is 8.94. The molecule has 0 aliphatic heterocycles. The molecule has 1 heterocycles. The minimum absolute atomic E-state index is 0.221. The van der Waals surface area contributed by atoms with Crippen LogP contribution in [0.15, 0.2) is 18.3 Å². The molecule has 0 radical (unpaired) electrons. The van der Waals surface area contributed by atoms with Gasteiger partial charge in [0.05, 0.1) is 11.6 Å². The van der Waals surface area contributed by atoms with Crippen LogP contribution in [0.2, 0.25) is 0 Å². The van der Waals surface area contributed by atoms with E-state index < -0.39 is 0 Å². The molecule has 3 heteroatoms. The molecule has 0 spiro atoms. The monoisotopic (exact) mass is 204 g/mol. The van der Waals surface area contributed by atoms with Crippen LogP contribution in [0.4, 0.5) is 0 Å². The summed E-state index contributed by atoms with van der Waals surface area (Å²) in [5.41, 5.74) is 7.51. The zero-order chi connectivity index (χ0) is 10.8. The predicted molar refractivity (Wildman–Crippen MR) is 58.4 cm³/mol. The molecule has 1 fully saturated rings. The van der Waals surface area contributed by atoms with Gasteiger partial charge in [-0.05, 0) is 36.8 Å². The van der Waals surface area contributed by atoms with E-state index in [1.54, 1.807) is 6.20 Å². The third-order valence-electron chi connectivity index (χ3n) is 2.97. The normalized spacial score (nSPS) is 17.4. The fourth-order valence-corrected chi connectivity index (χ4v) is 1.99. The molecule has 1 atom stereocenters. The van der Waals surface area contributed by atoms with Gasteiger partial charge >= 0.3 is 0 Å². The van der Waals surface area contributed by atoms with Crippen LogP contribution in [-0.4, -0.2) is 10.9 Å². The third-order valence-corrected chi connectivity index (χ3v) is 2.97. The molecule has 1 aliphatic rings. The van der Waals surface area contributed by atoms with E-state index in [1.807, 2.05) is 13.0 Å². The van der Waals surface area contributed by atoms with Gasteiger partial charge in [-0.25, -0.2) is 0 Å². The molecule has 1 aromatic rings. The van der Waals surface area contributed by atoms with Crippen LogP contribution in [0.5, 0.6) is 0 Å². The molecular weight excluding hydrogens is 188 g/mol. The topological polar surface area (TPSA) is 56.0 Å². The van der Waals surface area contributed by atoms with Gasteiger partial charge in [0.1, 0.15) is 0 Å². The quantitative estimate of drug-likeness (QED) is 0.814. The van der Waals surface area contributed by atoms with Crippen molar-refractivity contribution in [3.63, 3.8) is 0 Å². The average molecular weight is 204 g/mol. The highest BCUT2D eigenvalue weighted by Crippen LogP contribution is 2.42. The lowest BCUT2D eigenvalue weighted by Gasteiger charge is -2.14. The Labute approximate surface area is 89.7 Å². The molecule has 0 aromatic carbocycles. The standard InChI is InChI=1S/C12H16N2O/c1-2-9(12(13)15)11-10(8-5-6-8)4-3-7-14-11/h3-4,7-9H,2,5-6H2,1H3,(H2,13,15). The summed E-state index contributed by atoms with van der Waals surface area (Å²) < 4.78 is 0. The van der Waals surface area contributed by atoms with Gasteiger partial charge in [0.15, 0.2) is 0 Å². The van der Waals surface area contributed by atoms with Crippen LogP contribution in [-0.2, 0) is 4.79 Å². The molecule has 1 amide bonds. The fourth-order valence-electron chi connectivity index (χ4n) is 1.99. The Morgan fingerprint density at radius 1 is 1.67 bits per heavy atom. The Morgan fingerprint density at radius 2 is 2.40 bits per heavy atom. The van der Waals surface area contributed by atoms with Gasteiger partial charge in [-0.3, -0.25) is 9.78 Å². The number of rotatable bonds is 4. The van der Waals surface area contributed by atoms with E-state index in [0.717, 1.165) is 12.1 Å². The summed E-state index contributed by atoms with van der Waals surface area (Å²) in [6.45, 7) is 1.97. The van der Waals surface area contributed by atoms with E-state index in [0.29, 0.717) is 5.92 Å². The van der Waals surface area contributed by atoms with Crippen LogP contribution in [0.25, 0.3) is 0 Å². The molecule has 0 saturated heterocycles. The Balaban J connectivity index is 2.36. The van der Waals surface area contributed by atoms with Crippen molar-refractivity contribution in [1.82, 2.24) is 4.98 Å². The predicted octanol–water partition coefficient (Wildman–Crippen LogP) is 1.94. The maximum atomic E-state index is 11.3. The Bertz CT molecular complexity index is 372. The summed E-state index contributed by atoms with van der Waals surface area (Å²) in [6, 6.07) is 4.01. The first-order valence-electron chi connectivity index (χ1n) is 5.48. The second kappa shape index (κ2) is 4.01. The second-order valence-corrected chi connectivity index (χ2v) is 4.12. The maximum absolute atomic E-state index is 11.3. The first-order valence-corrected chi connectivity index (χ1v) is 5.48. The number of primary amides is 1. The summed E-state index contributed by atoms with van der Waals surface area (Å²) in [4.78, 5) is 15.6. The number of nitrogens with two attached hydrogens (primary N) is 1. The first kappa shape index (κ1) is 10.1. The smallest absolute Gasteiger partial charge is 0.226 e. The van der Waals surface area contributed by atoms with Gasteiger partial charge < -0.3 is 5.73 Å². The summed E-state index contributed by atoms with van der Waals surface area (Å²) in [6.07, 6.45) is 4.90. The van der Waals surface area contributed by atoms with Crippen molar-refractivity contribution in [2.75, 3.05) is 0 Å². The average Bonchev–Trinajstić information content (AvgIpc) is 3.02. The van der Waals surface area contributed by atoms with E-state index in [-0.39, 0.29) is 11.8 Å². The van der Waals surface area contributed by atoms with Crippen molar-refractivity contribution >= 4 is 5.91 Å². The van der Waals surface area contributed by atoms with Crippen molar-refractivity contribution < 1.29 is 4.79 Å². The minimum Gasteiger partial charge on any atom is -0.369 e. The fraction of sp³-hybridized carbons (Fsp3) is 0.500. The van der Waals surface area contributed by atoms with Crippen LogP contribution in [0.3, 0.4) is 0 Å². The molecule has 2 rings (SSSR count). The largest absolute Gasteiger partial charge is 0.369 e. The van der Waals surface area contributed by atoms with Gasteiger partial charge in [0.25, 0.3) is 0 Å². The summed E-state index contributed by atoms with van der Waals surface area (Å²) in [5, 5.41) is 0. The van der Waals surface area contributed by atoms with Gasteiger partial charge in [0, 0.05) is 6.20 Å². The third kappa shape index (κ3) is 2.01. The first-order chi connectivity index (χ1) is 7.24. The van der Waals surface area contributed by atoms with E-state index in [1.165, 1.54) is 18.4 Å². The Hall–Kier alpha value is -1.38. The highest BCUT2D eigenvalue weighted by Gasteiger charge is 2.30. The molecule has 1 unspecified atom stereocenters. The number of carbonyl (C=O) groups is 1. The highest BCUT2D eigenvalue weighted by atomic mass is 16.1. The minimum atomic E-state index is -0.266. The summed E-state index contributed by atoms with van der Waals surface area (Å²) >= 11 is 0. The van der Waals surface area contributed by atoms with Crippen molar-refractivity contribution in [3.8, 4) is 0 Å². The maximum Gasteiger partial charge on any atom is 0.226 e. The Morgan fingerprint density at radius 3 is 2.93 bits per heavy atom. The van der Waals surface area contributed by atoms with E-state index in [9.17, 15) is 4.79 Å². The molecular formula is C12H16N2O. The van der Waals surface area contributed by atoms with Crippen molar-refractivity contribution in [2.45, 2.75) is 38.0 Å². The molecule has 1 aromatic heterocycles. The van der Waals surface area contributed by atoms with Crippen molar-refractivity contribution in [1.29, 1.82) is 0 Å². The molecule has 0 bridgehead atoms. The second-order valence-electron chi connectivity index (χ2n) is 4.12. The van der Waals surface area contributed by atoms with Gasteiger partial charge in [-0.1, -0.05) is 13.0 Å². The van der Waals surface area contributed by atoms with Crippen molar-refractivity contribution in [2.24, 2.45) is 5.73 Å². The van der Waals surface area contributed by atoms with Crippen LogP contribution in [0, 0.1) is 0 Å². The molecule has 1 aliphatic carbocycles. The van der Waals surface area contributed by atoms with Gasteiger partial charge in [-0.15, -0.1) is 0 Å². The SMILES string of the molecule is CCC(C(N)=O)c1ncccc1C1CC1. The number of pyridine rings is 1. The highest BCUT2D eigenvalue weighted by molar-refractivity contribution is 5.81. The molecule has 1 saturated carbocycles. The molecule has 2 N–H and O–H groups in total. The van der Waals surface area contributed by atoms with Crippen LogP contribution in [0.1, 0.15) is 49.3 Å². The number of hydrogen-bond donors (Lipinski definition) is 1. The van der Waals surface area contributed by atoms with Crippen molar-refractivity contribution in [3.05, 3.63) is 29.6 Å². The van der Waals surface area contributed by atoms with Crippen LogP contribution >= 0.6 is 0 Å². The number of nitrogens with zero attached hydrogens (tertiary/aromatic N) is 1. The molecule has 3 nitrogen and oxygen atoms in total. The zero-order valence-corrected chi connectivity index (χ0v) is 8.94. The molecule has 80 valence electrons. The van der Waals surface area contributed by atoms with Crippen LogP contribution < -0.4 is 5.73 Å². The number of aromatic nitrogens is 1. The number of amides is 1. The lowest BCUT2D eigenvalue weighted by molar-refractivity contribution is -0.119. The number of carbonyl (C=O) groups excluding carboxylic acids is 1. The van der Waals surface area contributed by atoms with E-state index >= 15 is 0 Å². The van der Waals surface area contributed by atoms with Gasteiger partial charge in [-0.2, -0.15) is 0 Å². The lowest BCUT2D eigenvalue weighted by atomic mass is 9.95. The van der Waals surface area contributed by atoms with E-state index in [4.69, 9.17) is 5.73 Å². The summed E-state index contributed by atoms with van der Waals surface area (Å²) in [7, 11) is 0. The number of hydrogen-bond acceptors (Lipinski definition) is 2. The summed E-state index contributed by atoms with van der Waals surface area (Å²) in [5.74, 6) is 0.127. The molecule has 15 heavy (non-hydrogen) atoms. The lowest BCUT2D eigenvalue weighted by Crippen LogP contribution is -2.22. The van der Waals surface area contributed by atoms with Gasteiger partial charge in [0.2, 0.25) is 5.91 Å². The van der Waals surface area contributed by atoms with E-state index in [2.05, 4.69) is 11.1 Å². The Kier molecular flexibility index (Phi) is 2.71.